The van der Waals surface area contributed by atoms with Gasteiger partial charge in [0.2, 0.25) is 0 Å². The minimum atomic E-state index is 0.636. The number of hydrogen-bond acceptors (Lipinski definition) is 6. The molecule has 164 valence electrons. The van der Waals surface area contributed by atoms with Crippen LogP contribution in [-0.2, 0) is 18.8 Å². The van der Waals surface area contributed by atoms with E-state index in [4.69, 9.17) is 16.3 Å². The second-order valence-electron chi connectivity index (χ2n) is 7.39. The van der Waals surface area contributed by atoms with E-state index >= 15 is 0 Å². The topological polar surface area (TPSA) is 56.1 Å². The number of pyridine rings is 1. The second-order valence-corrected chi connectivity index (χ2v) is 8.77. The Balaban J connectivity index is 1.60. The number of methoxy groups -OCH3 is 1. The van der Waals surface area contributed by atoms with Crippen molar-refractivity contribution in [2.75, 3.05) is 14.2 Å². The third kappa shape index (κ3) is 5.68. The largest absolute Gasteiger partial charge is 0.497 e. The van der Waals surface area contributed by atoms with Gasteiger partial charge in [-0.25, -0.2) is 0 Å². The number of ether oxygens (including phenoxy) is 1. The normalized spacial score (nSPS) is 11.1. The number of thioether (sulfide) groups is 1. The van der Waals surface area contributed by atoms with E-state index in [1.165, 1.54) is 0 Å². The molecule has 6 nitrogen and oxygen atoms in total. The molecule has 2 aromatic heterocycles. The van der Waals surface area contributed by atoms with E-state index in [1.54, 1.807) is 25.1 Å². The fourth-order valence-electron chi connectivity index (χ4n) is 3.38. The Hall–Kier alpha value is -2.87. The van der Waals surface area contributed by atoms with Gasteiger partial charge < -0.3 is 4.74 Å². The van der Waals surface area contributed by atoms with E-state index < -0.39 is 0 Å². The van der Waals surface area contributed by atoms with Crippen molar-refractivity contribution in [3.8, 4) is 11.4 Å². The van der Waals surface area contributed by atoms with Gasteiger partial charge in [-0.05, 0) is 48.5 Å². The maximum atomic E-state index is 6.15. The molecule has 8 heteroatoms. The van der Waals surface area contributed by atoms with Crippen molar-refractivity contribution in [1.29, 1.82) is 0 Å². The molecule has 0 bridgehead atoms. The number of aromatic nitrogens is 4. The highest BCUT2D eigenvalue weighted by Crippen LogP contribution is 2.28. The smallest absolute Gasteiger partial charge is 0.196 e. The summed E-state index contributed by atoms with van der Waals surface area (Å²) >= 11 is 7.78. The van der Waals surface area contributed by atoms with Gasteiger partial charge in [0.25, 0.3) is 0 Å². The standard InChI is InChI=1S/C24H24ClN5OS/c1-29(15-19-7-5-11-26-14-19)16-23-27-28-24(32-17-18-6-3-8-20(25)12-18)30(23)21-9-4-10-22(13-21)31-2/h3-14H,15-17H2,1-2H3. The number of hydrogen-bond donors (Lipinski definition) is 0. The number of benzene rings is 2. The number of rotatable bonds is 9. The van der Waals surface area contributed by atoms with E-state index in [0.717, 1.165) is 50.9 Å². The molecule has 0 aliphatic carbocycles. The summed E-state index contributed by atoms with van der Waals surface area (Å²) in [6.45, 7) is 1.40. The molecule has 0 amide bonds. The average molecular weight is 466 g/mol. The van der Waals surface area contributed by atoms with E-state index in [-0.39, 0.29) is 0 Å². The molecule has 0 aliphatic heterocycles. The van der Waals surface area contributed by atoms with Crippen LogP contribution < -0.4 is 4.74 Å². The summed E-state index contributed by atoms with van der Waals surface area (Å²) in [4.78, 5) is 6.40. The van der Waals surface area contributed by atoms with Crippen molar-refractivity contribution >= 4 is 23.4 Å². The van der Waals surface area contributed by atoms with Crippen LogP contribution in [0.5, 0.6) is 5.75 Å². The molecular weight excluding hydrogens is 442 g/mol. The van der Waals surface area contributed by atoms with Crippen molar-refractivity contribution in [3.63, 3.8) is 0 Å². The fourth-order valence-corrected chi connectivity index (χ4v) is 4.51. The first kappa shape index (κ1) is 22.3. The lowest BCUT2D eigenvalue weighted by Crippen LogP contribution is -2.20. The first-order valence-corrected chi connectivity index (χ1v) is 11.5. The molecule has 0 radical (unpaired) electrons. The van der Waals surface area contributed by atoms with E-state index in [9.17, 15) is 0 Å². The minimum absolute atomic E-state index is 0.636. The summed E-state index contributed by atoms with van der Waals surface area (Å²) < 4.78 is 7.54. The minimum Gasteiger partial charge on any atom is -0.497 e. The molecule has 2 aromatic carbocycles. The van der Waals surface area contributed by atoms with Crippen molar-refractivity contribution in [2.45, 2.75) is 24.0 Å². The Morgan fingerprint density at radius 2 is 1.84 bits per heavy atom. The van der Waals surface area contributed by atoms with Gasteiger partial charge in [-0.2, -0.15) is 0 Å². The van der Waals surface area contributed by atoms with Crippen LogP contribution in [0.1, 0.15) is 17.0 Å². The van der Waals surface area contributed by atoms with Gasteiger partial charge in [0.05, 0.1) is 19.3 Å². The van der Waals surface area contributed by atoms with Crippen LogP contribution in [0.2, 0.25) is 5.02 Å². The lowest BCUT2D eigenvalue weighted by atomic mass is 10.2. The van der Waals surface area contributed by atoms with Gasteiger partial charge in [-0.15, -0.1) is 10.2 Å². The van der Waals surface area contributed by atoms with Crippen LogP contribution in [0.4, 0.5) is 0 Å². The zero-order chi connectivity index (χ0) is 22.3. The van der Waals surface area contributed by atoms with E-state index in [2.05, 4.69) is 43.8 Å². The maximum Gasteiger partial charge on any atom is 0.196 e. The summed E-state index contributed by atoms with van der Waals surface area (Å²) in [5, 5.41) is 10.6. The van der Waals surface area contributed by atoms with Crippen LogP contribution in [0, 0.1) is 0 Å². The van der Waals surface area contributed by atoms with Crippen LogP contribution in [0.3, 0.4) is 0 Å². The Kier molecular flexibility index (Phi) is 7.42. The van der Waals surface area contributed by atoms with Crippen LogP contribution in [0.25, 0.3) is 5.69 Å². The molecular formula is C24H24ClN5OS. The van der Waals surface area contributed by atoms with Crippen LogP contribution >= 0.6 is 23.4 Å². The van der Waals surface area contributed by atoms with Gasteiger partial charge in [-0.3, -0.25) is 14.5 Å². The van der Waals surface area contributed by atoms with Crippen LogP contribution in [-0.4, -0.2) is 38.8 Å². The SMILES string of the molecule is COc1cccc(-n2c(CN(C)Cc3cccnc3)nnc2SCc2cccc(Cl)c2)c1. The summed E-state index contributed by atoms with van der Waals surface area (Å²) in [5.41, 5.74) is 3.25. The van der Waals surface area contributed by atoms with Crippen molar-refractivity contribution in [1.82, 2.24) is 24.6 Å². The van der Waals surface area contributed by atoms with E-state index in [1.807, 2.05) is 54.7 Å². The lowest BCUT2D eigenvalue weighted by molar-refractivity contribution is 0.307. The molecule has 4 aromatic rings. The quantitative estimate of drug-likeness (QED) is 0.315. The molecule has 0 saturated carbocycles. The van der Waals surface area contributed by atoms with Crippen molar-refractivity contribution in [2.24, 2.45) is 0 Å². The van der Waals surface area contributed by atoms with Gasteiger partial charge >= 0.3 is 0 Å². The molecule has 0 aliphatic rings. The third-order valence-electron chi connectivity index (χ3n) is 4.86. The lowest BCUT2D eigenvalue weighted by Gasteiger charge is -2.17. The summed E-state index contributed by atoms with van der Waals surface area (Å²) in [7, 11) is 3.74. The highest BCUT2D eigenvalue weighted by atomic mass is 35.5. The molecule has 0 fully saturated rings. The van der Waals surface area contributed by atoms with Crippen molar-refractivity contribution in [3.05, 3.63) is 95.0 Å². The van der Waals surface area contributed by atoms with Crippen molar-refractivity contribution < 1.29 is 4.74 Å². The van der Waals surface area contributed by atoms with Gasteiger partial charge in [0.1, 0.15) is 5.75 Å². The zero-order valence-electron chi connectivity index (χ0n) is 18.0. The number of halogens is 1. The summed E-state index contributed by atoms with van der Waals surface area (Å²) in [6, 6.07) is 19.8. The highest BCUT2D eigenvalue weighted by Gasteiger charge is 2.17. The molecule has 0 N–H and O–H groups in total. The monoisotopic (exact) mass is 465 g/mol. The van der Waals surface area contributed by atoms with E-state index in [0.29, 0.717) is 6.54 Å². The average Bonchev–Trinajstić information content (AvgIpc) is 3.20. The fraction of sp³-hybridized carbons (Fsp3) is 0.208. The van der Waals surface area contributed by atoms with Gasteiger partial charge in [0, 0.05) is 35.8 Å². The highest BCUT2D eigenvalue weighted by molar-refractivity contribution is 7.98. The molecule has 0 spiro atoms. The molecule has 4 rings (SSSR count). The first-order valence-electron chi connectivity index (χ1n) is 10.2. The predicted octanol–water partition coefficient (Wildman–Crippen LogP) is 5.25. The summed E-state index contributed by atoms with van der Waals surface area (Å²) in [5.74, 6) is 2.39. The predicted molar refractivity (Wildman–Crippen MR) is 128 cm³/mol. The second kappa shape index (κ2) is 10.6. The third-order valence-corrected chi connectivity index (χ3v) is 6.09. The maximum absolute atomic E-state index is 6.15. The Morgan fingerprint density at radius 1 is 1.00 bits per heavy atom. The Morgan fingerprint density at radius 3 is 2.62 bits per heavy atom. The van der Waals surface area contributed by atoms with Gasteiger partial charge in [-0.1, -0.05) is 47.6 Å². The number of nitrogens with zero attached hydrogens (tertiary/aromatic N) is 5. The zero-order valence-corrected chi connectivity index (χ0v) is 19.6. The Bertz CT molecular complexity index is 1170. The molecule has 32 heavy (non-hydrogen) atoms. The molecule has 0 atom stereocenters. The molecule has 0 saturated heterocycles. The van der Waals surface area contributed by atoms with Crippen LogP contribution in [0.15, 0.2) is 78.2 Å². The summed E-state index contributed by atoms with van der Waals surface area (Å²) in [6.07, 6.45) is 3.67. The Labute approximate surface area is 197 Å². The first-order chi connectivity index (χ1) is 15.6. The molecule has 0 unspecified atom stereocenters. The van der Waals surface area contributed by atoms with Gasteiger partial charge in [0.15, 0.2) is 11.0 Å². The molecule has 2 heterocycles.